The van der Waals surface area contributed by atoms with Gasteiger partial charge in [0.1, 0.15) is 5.58 Å². The van der Waals surface area contributed by atoms with Crippen LogP contribution >= 0.6 is 0 Å². The van der Waals surface area contributed by atoms with Gasteiger partial charge in [-0.15, -0.1) is 0 Å². The van der Waals surface area contributed by atoms with Gasteiger partial charge < -0.3 is 9.62 Å². The Labute approximate surface area is 113 Å². The second-order valence-corrected chi connectivity index (χ2v) is 4.94. The maximum Gasteiger partial charge on any atom is 0.220 e. The molecule has 0 spiro atoms. The van der Waals surface area contributed by atoms with Gasteiger partial charge in [0.2, 0.25) is 5.43 Å². The van der Waals surface area contributed by atoms with Crippen LogP contribution in [0.3, 0.4) is 0 Å². The first-order valence-corrected chi connectivity index (χ1v) is 6.32. The summed E-state index contributed by atoms with van der Waals surface area (Å²) in [5.41, 5.74) is 2.46. The highest BCUT2D eigenvalue weighted by molar-refractivity contribution is 6.06. The number of nitrogens with zero attached hydrogens (tertiary/aromatic N) is 1. The number of benzene rings is 2. The molecule has 0 aliphatic heterocycles. The van der Waals surface area contributed by atoms with Gasteiger partial charge in [0, 0.05) is 5.39 Å². The van der Waals surface area contributed by atoms with Gasteiger partial charge in [0.25, 0.3) is 0 Å². The van der Waals surface area contributed by atoms with Gasteiger partial charge >= 0.3 is 0 Å². The third-order valence-electron chi connectivity index (χ3n) is 3.61. The molecule has 2 aromatic carbocycles. The SMILES string of the molecule is Cc1ccc2oc3c4ccccc4n(O)c3c(=O)c2c1. The Kier molecular flexibility index (Phi) is 2.02. The van der Waals surface area contributed by atoms with Gasteiger partial charge in [0.15, 0.2) is 11.1 Å². The van der Waals surface area contributed by atoms with Crippen LogP contribution in [0.2, 0.25) is 0 Å². The zero-order valence-corrected chi connectivity index (χ0v) is 10.8. The van der Waals surface area contributed by atoms with Crippen LogP contribution in [0, 0.1) is 6.92 Å². The minimum absolute atomic E-state index is 0.185. The van der Waals surface area contributed by atoms with Crippen LogP contribution in [0.1, 0.15) is 5.56 Å². The van der Waals surface area contributed by atoms with E-state index < -0.39 is 0 Å². The molecule has 0 aliphatic rings. The molecule has 2 heterocycles. The van der Waals surface area contributed by atoms with Crippen LogP contribution < -0.4 is 5.43 Å². The first kappa shape index (κ1) is 11.1. The highest BCUT2D eigenvalue weighted by Crippen LogP contribution is 2.28. The molecular formula is C16H11NO3. The van der Waals surface area contributed by atoms with Crippen LogP contribution in [0.25, 0.3) is 33.0 Å². The highest BCUT2D eigenvalue weighted by atomic mass is 16.5. The average Bonchev–Trinajstić information content (AvgIpc) is 2.74. The molecule has 4 heteroatoms. The van der Waals surface area contributed by atoms with Crippen molar-refractivity contribution in [2.24, 2.45) is 0 Å². The fourth-order valence-electron chi connectivity index (χ4n) is 2.64. The average molecular weight is 265 g/mol. The minimum Gasteiger partial charge on any atom is -0.453 e. The summed E-state index contributed by atoms with van der Waals surface area (Å²) in [6.45, 7) is 1.91. The van der Waals surface area contributed by atoms with E-state index in [2.05, 4.69) is 0 Å². The molecule has 0 amide bonds. The fraction of sp³-hybridized carbons (Fsp3) is 0.0625. The quantitative estimate of drug-likeness (QED) is 0.495. The number of aromatic nitrogens is 1. The summed E-state index contributed by atoms with van der Waals surface area (Å²) in [5, 5.41) is 11.4. The van der Waals surface area contributed by atoms with Crippen LogP contribution in [-0.4, -0.2) is 9.94 Å². The summed E-state index contributed by atoms with van der Waals surface area (Å²) in [5.74, 6) is 0. The van der Waals surface area contributed by atoms with Gasteiger partial charge in [0.05, 0.1) is 10.9 Å². The van der Waals surface area contributed by atoms with Crippen LogP contribution in [0.4, 0.5) is 0 Å². The Hall–Kier alpha value is -2.75. The molecule has 0 aliphatic carbocycles. The molecule has 20 heavy (non-hydrogen) atoms. The third-order valence-corrected chi connectivity index (χ3v) is 3.61. The topological polar surface area (TPSA) is 55.4 Å². The van der Waals surface area contributed by atoms with Gasteiger partial charge in [-0.3, -0.25) is 4.79 Å². The highest BCUT2D eigenvalue weighted by Gasteiger charge is 2.17. The van der Waals surface area contributed by atoms with E-state index in [0.29, 0.717) is 22.1 Å². The zero-order valence-electron chi connectivity index (χ0n) is 10.8. The molecule has 4 aromatic rings. The number of hydrogen-bond acceptors (Lipinski definition) is 3. The molecule has 0 saturated carbocycles. The minimum atomic E-state index is -0.219. The van der Waals surface area contributed by atoms with E-state index in [1.807, 2.05) is 31.2 Å². The molecule has 2 aromatic heterocycles. The summed E-state index contributed by atoms with van der Waals surface area (Å²) in [6.07, 6.45) is 0. The maximum absolute atomic E-state index is 12.6. The summed E-state index contributed by atoms with van der Waals surface area (Å²) in [6, 6.07) is 12.7. The van der Waals surface area contributed by atoms with E-state index in [4.69, 9.17) is 4.42 Å². The molecule has 0 atom stereocenters. The van der Waals surface area contributed by atoms with Crippen molar-refractivity contribution in [3.8, 4) is 0 Å². The second kappa shape index (κ2) is 3.63. The van der Waals surface area contributed by atoms with Gasteiger partial charge in [-0.25, -0.2) is 0 Å². The predicted octanol–water partition coefficient (Wildman–Crippen LogP) is 3.45. The van der Waals surface area contributed by atoms with Gasteiger partial charge in [-0.1, -0.05) is 23.8 Å². The summed E-state index contributed by atoms with van der Waals surface area (Å²) in [4.78, 5) is 12.6. The van der Waals surface area contributed by atoms with Crippen molar-refractivity contribution in [1.29, 1.82) is 0 Å². The van der Waals surface area contributed by atoms with Crippen LogP contribution in [0.5, 0.6) is 0 Å². The Morgan fingerprint density at radius 1 is 1.10 bits per heavy atom. The Bertz CT molecular complexity index is 1040. The molecule has 1 N–H and O–H groups in total. The first-order chi connectivity index (χ1) is 9.66. The van der Waals surface area contributed by atoms with Gasteiger partial charge in [-0.2, -0.15) is 4.73 Å². The monoisotopic (exact) mass is 265 g/mol. The van der Waals surface area contributed by atoms with Gasteiger partial charge in [-0.05, 0) is 31.2 Å². The van der Waals surface area contributed by atoms with E-state index in [0.717, 1.165) is 15.7 Å². The van der Waals surface area contributed by atoms with Crippen LogP contribution in [0.15, 0.2) is 51.7 Å². The zero-order chi connectivity index (χ0) is 13.9. The molecule has 0 saturated heterocycles. The normalized spacial score (nSPS) is 11.7. The lowest BCUT2D eigenvalue weighted by atomic mass is 10.1. The van der Waals surface area contributed by atoms with Crippen molar-refractivity contribution >= 4 is 33.0 Å². The van der Waals surface area contributed by atoms with Crippen molar-refractivity contribution < 1.29 is 9.62 Å². The lowest BCUT2D eigenvalue weighted by Gasteiger charge is -2.00. The number of para-hydroxylation sites is 1. The van der Waals surface area contributed by atoms with Crippen molar-refractivity contribution in [3.63, 3.8) is 0 Å². The maximum atomic E-state index is 12.6. The van der Waals surface area contributed by atoms with Crippen molar-refractivity contribution in [1.82, 2.24) is 4.73 Å². The molecule has 4 nitrogen and oxygen atoms in total. The molecule has 4 rings (SSSR count). The molecular weight excluding hydrogens is 254 g/mol. The molecule has 0 radical (unpaired) electrons. The standard InChI is InChI=1S/C16H11NO3/c1-9-6-7-13-11(8-9)15(18)14-16(20-13)10-4-2-3-5-12(10)17(14)19/h2-8,19H,1H3. The summed E-state index contributed by atoms with van der Waals surface area (Å²) in [7, 11) is 0. The van der Waals surface area contributed by atoms with Crippen LogP contribution in [-0.2, 0) is 0 Å². The second-order valence-electron chi connectivity index (χ2n) is 4.94. The Morgan fingerprint density at radius 2 is 1.90 bits per heavy atom. The van der Waals surface area contributed by atoms with E-state index >= 15 is 0 Å². The largest absolute Gasteiger partial charge is 0.453 e. The summed E-state index contributed by atoms with van der Waals surface area (Å²) >= 11 is 0. The van der Waals surface area contributed by atoms with Crippen molar-refractivity contribution in [3.05, 3.63) is 58.3 Å². The number of aryl methyl sites for hydroxylation is 1. The van der Waals surface area contributed by atoms with Crippen molar-refractivity contribution in [2.75, 3.05) is 0 Å². The molecule has 0 fully saturated rings. The number of hydrogen-bond donors (Lipinski definition) is 1. The predicted molar refractivity (Wildman–Crippen MR) is 77.4 cm³/mol. The Balaban J connectivity index is 2.38. The molecule has 98 valence electrons. The number of rotatable bonds is 0. The van der Waals surface area contributed by atoms with E-state index in [1.54, 1.807) is 18.2 Å². The number of fused-ring (bicyclic) bond motifs is 4. The smallest absolute Gasteiger partial charge is 0.220 e. The Morgan fingerprint density at radius 3 is 2.75 bits per heavy atom. The lowest BCUT2D eigenvalue weighted by molar-refractivity contribution is 0.212. The first-order valence-electron chi connectivity index (χ1n) is 6.32. The van der Waals surface area contributed by atoms with E-state index in [9.17, 15) is 10.0 Å². The lowest BCUT2D eigenvalue weighted by Crippen LogP contribution is -2.06. The fourth-order valence-corrected chi connectivity index (χ4v) is 2.64. The van der Waals surface area contributed by atoms with Crippen molar-refractivity contribution in [2.45, 2.75) is 6.92 Å². The summed E-state index contributed by atoms with van der Waals surface area (Å²) < 4.78 is 6.75. The molecule has 0 bridgehead atoms. The third kappa shape index (κ3) is 1.28. The van der Waals surface area contributed by atoms with E-state index in [1.165, 1.54) is 0 Å². The molecule has 0 unspecified atom stereocenters. The van der Waals surface area contributed by atoms with E-state index in [-0.39, 0.29) is 10.9 Å².